The lowest BCUT2D eigenvalue weighted by Crippen LogP contribution is -2.09. The van der Waals surface area contributed by atoms with Gasteiger partial charge in [0.25, 0.3) is 5.91 Å². The van der Waals surface area contributed by atoms with Gasteiger partial charge in [-0.15, -0.1) is 0 Å². The number of carbonyl (C=O) groups excluding carboxylic acids is 1. The van der Waals surface area contributed by atoms with E-state index in [1.165, 1.54) is 0 Å². The standard InChI is InChI=1S/C17H12ClNO4/c18-11-3-6-15-13(8-11)14(17(22)19-15)7-10-1-4-12(5-2-10)23-9-16(20)21/h1-8H,9H2,(H,19,22)(H,20,21). The summed E-state index contributed by atoms with van der Waals surface area (Å²) in [5, 5.41) is 11.9. The van der Waals surface area contributed by atoms with Gasteiger partial charge >= 0.3 is 5.97 Å². The molecule has 0 spiro atoms. The molecule has 3 rings (SSSR count). The molecule has 0 fully saturated rings. The van der Waals surface area contributed by atoms with E-state index in [1.807, 2.05) is 0 Å². The number of anilines is 1. The maximum absolute atomic E-state index is 12.1. The summed E-state index contributed by atoms with van der Waals surface area (Å²) in [4.78, 5) is 22.5. The highest BCUT2D eigenvalue weighted by Gasteiger charge is 2.24. The largest absolute Gasteiger partial charge is 0.482 e. The van der Waals surface area contributed by atoms with E-state index in [-0.39, 0.29) is 5.91 Å². The second kappa shape index (κ2) is 6.14. The molecule has 23 heavy (non-hydrogen) atoms. The molecule has 6 heteroatoms. The first kappa shape index (κ1) is 15.1. The van der Waals surface area contributed by atoms with Crippen molar-refractivity contribution in [3.05, 3.63) is 58.6 Å². The van der Waals surface area contributed by atoms with Gasteiger partial charge in [0, 0.05) is 21.8 Å². The second-order valence-corrected chi connectivity index (χ2v) is 5.39. The monoisotopic (exact) mass is 329 g/mol. The minimum absolute atomic E-state index is 0.187. The van der Waals surface area contributed by atoms with Gasteiger partial charge < -0.3 is 15.2 Å². The van der Waals surface area contributed by atoms with Crippen molar-refractivity contribution < 1.29 is 19.4 Å². The van der Waals surface area contributed by atoms with Crippen LogP contribution in [0, 0.1) is 0 Å². The fraction of sp³-hybridized carbons (Fsp3) is 0.0588. The normalized spacial score (nSPS) is 14.5. The van der Waals surface area contributed by atoms with Crippen molar-refractivity contribution >= 4 is 40.8 Å². The van der Waals surface area contributed by atoms with Gasteiger partial charge in [0.15, 0.2) is 6.61 Å². The molecule has 1 aliphatic rings. The summed E-state index contributed by atoms with van der Waals surface area (Å²) < 4.78 is 5.07. The van der Waals surface area contributed by atoms with Crippen LogP contribution in [-0.4, -0.2) is 23.6 Å². The van der Waals surface area contributed by atoms with Gasteiger partial charge in [-0.3, -0.25) is 4.79 Å². The first-order chi connectivity index (χ1) is 11.0. The molecule has 0 saturated carbocycles. The van der Waals surface area contributed by atoms with Crippen LogP contribution in [-0.2, 0) is 9.59 Å². The topological polar surface area (TPSA) is 75.6 Å². The first-order valence-corrected chi connectivity index (χ1v) is 7.18. The Labute approximate surface area is 137 Å². The number of carboxylic acid groups (broad SMARTS) is 1. The minimum atomic E-state index is -1.03. The van der Waals surface area contributed by atoms with Gasteiger partial charge in [0.05, 0.1) is 0 Å². The van der Waals surface area contributed by atoms with Crippen LogP contribution in [0.5, 0.6) is 5.75 Å². The van der Waals surface area contributed by atoms with Crippen LogP contribution in [0.3, 0.4) is 0 Å². The van der Waals surface area contributed by atoms with Crippen molar-refractivity contribution in [3.63, 3.8) is 0 Å². The molecule has 2 aromatic rings. The zero-order valence-corrected chi connectivity index (χ0v) is 12.6. The number of hydrogen-bond donors (Lipinski definition) is 2. The third-order valence-electron chi connectivity index (χ3n) is 3.32. The molecule has 2 aromatic carbocycles. The Morgan fingerprint density at radius 1 is 1.22 bits per heavy atom. The number of carbonyl (C=O) groups is 2. The zero-order valence-electron chi connectivity index (χ0n) is 11.9. The number of ether oxygens (including phenoxy) is 1. The summed E-state index contributed by atoms with van der Waals surface area (Å²) in [6, 6.07) is 12.0. The number of fused-ring (bicyclic) bond motifs is 1. The highest BCUT2D eigenvalue weighted by molar-refractivity contribution is 6.36. The van der Waals surface area contributed by atoms with E-state index in [1.54, 1.807) is 48.5 Å². The van der Waals surface area contributed by atoms with Crippen LogP contribution in [0.1, 0.15) is 11.1 Å². The van der Waals surface area contributed by atoms with Gasteiger partial charge in [-0.1, -0.05) is 23.7 Å². The summed E-state index contributed by atoms with van der Waals surface area (Å²) in [6.45, 7) is -0.394. The van der Waals surface area contributed by atoms with E-state index in [9.17, 15) is 9.59 Å². The molecule has 1 amide bonds. The molecule has 116 valence electrons. The van der Waals surface area contributed by atoms with Crippen LogP contribution >= 0.6 is 11.6 Å². The van der Waals surface area contributed by atoms with Crippen LogP contribution in [0.4, 0.5) is 5.69 Å². The summed E-state index contributed by atoms with van der Waals surface area (Å²) in [7, 11) is 0. The highest BCUT2D eigenvalue weighted by Crippen LogP contribution is 2.35. The molecular weight excluding hydrogens is 318 g/mol. The number of aliphatic carboxylic acids is 1. The Kier molecular flexibility index (Phi) is 4.04. The Balaban J connectivity index is 1.86. The quantitative estimate of drug-likeness (QED) is 0.844. The summed E-state index contributed by atoms with van der Waals surface area (Å²) in [5.74, 6) is -0.769. The van der Waals surface area contributed by atoms with Gasteiger partial charge in [0.1, 0.15) is 5.75 Å². The molecule has 1 heterocycles. The zero-order chi connectivity index (χ0) is 16.4. The van der Waals surface area contributed by atoms with Crippen molar-refractivity contribution in [1.82, 2.24) is 0 Å². The van der Waals surface area contributed by atoms with Crippen molar-refractivity contribution in [2.24, 2.45) is 0 Å². The molecule has 0 saturated heterocycles. The Hall–Kier alpha value is -2.79. The number of rotatable bonds is 4. The Morgan fingerprint density at radius 3 is 2.65 bits per heavy atom. The molecule has 0 bridgehead atoms. The molecular formula is C17H12ClNO4. The molecule has 2 N–H and O–H groups in total. The average molecular weight is 330 g/mol. The SMILES string of the molecule is O=C(O)COc1ccc(C=C2C(=O)Nc3ccc(Cl)cc32)cc1. The van der Waals surface area contributed by atoms with E-state index in [0.29, 0.717) is 16.3 Å². The molecule has 0 unspecified atom stereocenters. The first-order valence-electron chi connectivity index (χ1n) is 6.80. The molecule has 5 nitrogen and oxygen atoms in total. The van der Waals surface area contributed by atoms with Crippen molar-refractivity contribution in [1.29, 1.82) is 0 Å². The van der Waals surface area contributed by atoms with Crippen LogP contribution in [0.25, 0.3) is 11.6 Å². The summed E-state index contributed by atoms with van der Waals surface area (Å²) >= 11 is 5.99. The molecule has 0 aliphatic carbocycles. The summed E-state index contributed by atoms with van der Waals surface area (Å²) in [6.07, 6.45) is 1.75. The lowest BCUT2D eigenvalue weighted by atomic mass is 10.0. The van der Waals surface area contributed by atoms with E-state index < -0.39 is 12.6 Å². The number of nitrogens with one attached hydrogen (secondary N) is 1. The molecule has 0 radical (unpaired) electrons. The maximum atomic E-state index is 12.1. The van der Waals surface area contributed by atoms with Crippen molar-refractivity contribution in [2.45, 2.75) is 0 Å². The molecule has 0 aromatic heterocycles. The third kappa shape index (κ3) is 3.35. The third-order valence-corrected chi connectivity index (χ3v) is 3.55. The lowest BCUT2D eigenvalue weighted by Gasteiger charge is -2.04. The highest BCUT2D eigenvalue weighted by atomic mass is 35.5. The fourth-order valence-electron chi connectivity index (χ4n) is 2.28. The van der Waals surface area contributed by atoms with E-state index in [2.05, 4.69) is 5.32 Å². The number of amides is 1. The van der Waals surface area contributed by atoms with E-state index >= 15 is 0 Å². The predicted molar refractivity (Wildman–Crippen MR) is 87.5 cm³/mol. The van der Waals surface area contributed by atoms with Crippen LogP contribution in [0.15, 0.2) is 42.5 Å². The lowest BCUT2D eigenvalue weighted by molar-refractivity contribution is -0.139. The number of benzene rings is 2. The smallest absolute Gasteiger partial charge is 0.341 e. The average Bonchev–Trinajstić information content (AvgIpc) is 2.82. The maximum Gasteiger partial charge on any atom is 0.341 e. The Morgan fingerprint density at radius 2 is 1.96 bits per heavy atom. The van der Waals surface area contributed by atoms with E-state index in [4.69, 9.17) is 21.4 Å². The van der Waals surface area contributed by atoms with Gasteiger partial charge in [0.2, 0.25) is 0 Å². The van der Waals surface area contributed by atoms with Crippen molar-refractivity contribution in [2.75, 3.05) is 11.9 Å². The molecule has 0 atom stereocenters. The molecule has 1 aliphatic heterocycles. The van der Waals surface area contributed by atoms with Gasteiger partial charge in [-0.2, -0.15) is 0 Å². The Bertz CT molecular complexity index is 812. The van der Waals surface area contributed by atoms with Crippen molar-refractivity contribution in [3.8, 4) is 5.75 Å². The van der Waals surface area contributed by atoms with Gasteiger partial charge in [-0.05, 0) is 42.0 Å². The fourth-order valence-corrected chi connectivity index (χ4v) is 2.45. The second-order valence-electron chi connectivity index (χ2n) is 4.95. The van der Waals surface area contributed by atoms with Gasteiger partial charge in [-0.25, -0.2) is 4.79 Å². The van der Waals surface area contributed by atoms with Crippen LogP contribution in [0.2, 0.25) is 5.02 Å². The number of carboxylic acids is 1. The number of hydrogen-bond acceptors (Lipinski definition) is 3. The van der Waals surface area contributed by atoms with E-state index in [0.717, 1.165) is 16.8 Å². The summed E-state index contributed by atoms with van der Waals surface area (Å²) in [5.41, 5.74) is 2.81. The minimum Gasteiger partial charge on any atom is -0.482 e. The van der Waals surface area contributed by atoms with Crippen LogP contribution < -0.4 is 10.1 Å². The predicted octanol–water partition coefficient (Wildman–Crippen LogP) is 3.30. The number of halogens is 1.